The molecule has 0 radical (unpaired) electrons. The number of nitrogens with one attached hydrogen (secondary N) is 3. The van der Waals surface area contributed by atoms with Gasteiger partial charge in [-0.1, -0.05) is 0 Å². The largest absolute Gasteiger partial charge is 0.357 e. The lowest BCUT2D eigenvalue weighted by molar-refractivity contribution is 0.449. The molecular weight excluding hydrogens is 285 g/mol. The predicted molar refractivity (Wildman–Crippen MR) is 70.8 cm³/mol. The Morgan fingerprint density at radius 3 is 2.67 bits per heavy atom. The lowest BCUT2D eigenvalue weighted by Crippen LogP contribution is -2.04. The highest BCUT2D eigenvalue weighted by Gasteiger charge is 2.16. The van der Waals surface area contributed by atoms with E-state index in [4.69, 9.17) is 0 Å². The number of fused-ring (bicyclic) bond motifs is 1. The molecule has 0 saturated carbocycles. The fraction of sp³-hybridized carbons (Fsp3) is 0.0833. The normalized spacial score (nSPS) is 10.9. The van der Waals surface area contributed by atoms with Crippen molar-refractivity contribution in [2.45, 2.75) is 0 Å². The number of hydrogen-bond donors (Lipinski definition) is 3. The molecule has 0 saturated heterocycles. The number of rotatable bonds is 3. The Kier molecular flexibility index (Phi) is 3.09. The quantitative estimate of drug-likeness (QED) is 0.647. The molecular formula is C12H9F3N6. The van der Waals surface area contributed by atoms with E-state index in [0.29, 0.717) is 11.2 Å². The predicted octanol–water partition coefficient (Wildman–Crippen LogP) is 2.56. The molecule has 0 unspecified atom stereocenters. The maximum absolute atomic E-state index is 13.7. The minimum atomic E-state index is -1.55. The van der Waals surface area contributed by atoms with Crippen LogP contribution in [-0.4, -0.2) is 27.0 Å². The first-order valence-electron chi connectivity index (χ1n) is 5.89. The van der Waals surface area contributed by atoms with E-state index >= 15 is 0 Å². The van der Waals surface area contributed by atoms with Gasteiger partial charge in [0.05, 0.1) is 12.0 Å². The van der Waals surface area contributed by atoms with Gasteiger partial charge in [0.1, 0.15) is 5.52 Å². The van der Waals surface area contributed by atoms with E-state index in [-0.39, 0.29) is 17.5 Å². The van der Waals surface area contributed by atoms with Gasteiger partial charge < -0.3 is 15.6 Å². The number of imidazole rings is 1. The summed E-state index contributed by atoms with van der Waals surface area (Å²) in [7, 11) is 1.61. The van der Waals surface area contributed by atoms with Crippen LogP contribution in [0.25, 0.3) is 11.2 Å². The van der Waals surface area contributed by atoms with Crippen LogP contribution in [0.2, 0.25) is 0 Å². The first kappa shape index (κ1) is 13.2. The van der Waals surface area contributed by atoms with Gasteiger partial charge in [-0.3, -0.25) is 0 Å². The Balaban J connectivity index is 2.09. The highest BCUT2D eigenvalue weighted by Crippen LogP contribution is 2.26. The van der Waals surface area contributed by atoms with Crippen LogP contribution >= 0.6 is 0 Å². The lowest BCUT2D eigenvalue weighted by atomic mass is 10.2. The van der Waals surface area contributed by atoms with Crippen LogP contribution in [0.15, 0.2) is 18.5 Å². The summed E-state index contributed by atoms with van der Waals surface area (Å²) in [4.78, 5) is 14.9. The fourth-order valence-electron chi connectivity index (χ4n) is 1.79. The number of hydrogen-bond acceptors (Lipinski definition) is 5. The van der Waals surface area contributed by atoms with Gasteiger partial charge in [0, 0.05) is 7.05 Å². The van der Waals surface area contributed by atoms with Crippen molar-refractivity contribution < 1.29 is 13.2 Å². The Morgan fingerprint density at radius 1 is 1.10 bits per heavy atom. The fourth-order valence-corrected chi connectivity index (χ4v) is 1.79. The van der Waals surface area contributed by atoms with Gasteiger partial charge in [-0.2, -0.15) is 9.97 Å². The molecule has 108 valence electrons. The van der Waals surface area contributed by atoms with Gasteiger partial charge in [0.15, 0.2) is 28.9 Å². The first-order valence-corrected chi connectivity index (χ1v) is 5.89. The van der Waals surface area contributed by atoms with Gasteiger partial charge >= 0.3 is 0 Å². The van der Waals surface area contributed by atoms with Gasteiger partial charge in [0.25, 0.3) is 0 Å². The summed E-state index contributed by atoms with van der Waals surface area (Å²) in [6, 6.07) is 1.90. The van der Waals surface area contributed by atoms with E-state index in [1.807, 2.05) is 0 Å². The summed E-state index contributed by atoms with van der Waals surface area (Å²) in [6.07, 6.45) is 1.39. The summed E-state index contributed by atoms with van der Waals surface area (Å²) in [5.41, 5.74) is 0.517. The van der Waals surface area contributed by atoms with Gasteiger partial charge in [-0.25, -0.2) is 18.2 Å². The molecule has 0 aliphatic carbocycles. The zero-order valence-electron chi connectivity index (χ0n) is 10.7. The Labute approximate surface area is 116 Å². The molecule has 0 fully saturated rings. The van der Waals surface area contributed by atoms with Crippen molar-refractivity contribution in [1.82, 2.24) is 19.9 Å². The van der Waals surface area contributed by atoms with E-state index in [9.17, 15) is 13.2 Å². The van der Waals surface area contributed by atoms with Gasteiger partial charge in [0.2, 0.25) is 5.95 Å². The standard InChI is InChI=1S/C12H9F3N6/c1-16-12-20-10-9(17-4-18-10)11(21-12)19-6-3-2-5(13)7(14)8(6)15/h2-4H,1H3,(H3,16,17,18,19,20,21). The second-order valence-corrected chi connectivity index (χ2v) is 4.09. The number of nitrogens with zero attached hydrogens (tertiary/aromatic N) is 3. The summed E-state index contributed by atoms with van der Waals surface area (Å²) >= 11 is 0. The molecule has 3 aromatic rings. The van der Waals surface area contributed by atoms with Crippen LogP contribution in [-0.2, 0) is 0 Å². The van der Waals surface area contributed by atoms with Crippen molar-refractivity contribution >= 4 is 28.6 Å². The molecule has 1 aromatic carbocycles. The molecule has 2 aromatic heterocycles. The van der Waals surface area contributed by atoms with Crippen LogP contribution < -0.4 is 10.6 Å². The Hall–Kier alpha value is -2.84. The molecule has 0 aliphatic rings. The number of halogens is 3. The van der Waals surface area contributed by atoms with E-state index in [2.05, 4.69) is 30.6 Å². The van der Waals surface area contributed by atoms with Crippen LogP contribution in [0, 0.1) is 17.5 Å². The first-order chi connectivity index (χ1) is 10.1. The third-order valence-corrected chi connectivity index (χ3v) is 2.80. The minimum absolute atomic E-state index is 0.187. The average molecular weight is 294 g/mol. The van der Waals surface area contributed by atoms with Crippen LogP contribution in [0.3, 0.4) is 0 Å². The molecule has 0 bridgehead atoms. The number of anilines is 3. The van der Waals surface area contributed by atoms with E-state index in [0.717, 1.165) is 12.1 Å². The molecule has 3 N–H and O–H groups in total. The van der Waals surface area contributed by atoms with E-state index in [1.54, 1.807) is 7.05 Å². The van der Waals surface area contributed by atoms with Crippen molar-refractivity contribution in [3.8, 4) is 0 Å². The Bertz CT molecular complexity index is 816. The van der Waals surface area contributed by atoms with Crippen molar-refractivity contribution in [3.05, 3.63) is 35.9 Å². The SMILES string of the molecule is CNc1nc(Nc2ccc(F)c(F)c2F)c2[nH]cnc2n1. The highest BCUT2D eigenvalue weighted by molar-refractivity contribution is 5.86. The van der Waals surface area contributed by atoms with Crippen molar-refractivity contribution in [2.24, 2.45) is 0 Å². The van der Waals surface area contributed by atoms with Crippen molar-refractivity contribution in [1.29, 1.82) is 0 Å². The molecule has 0 atom stereocenters. The molecule has 6 nitrogen and oxygen atoms in total. The summed E-state index contributed by atoms with van der Waals surface area (Å²) in [6.45, 7) is 0. The zero-order chi connectivity index (χ0) is 15.0. The van der Waals surface area contributed by atoms with Crippen LogP contribution in [0.4, 0.5) is 30.6 Å². The third kappa shape index (κ3) is 2.22. The summed E-state index contributed by atoms with van der Waals surface area (Å²) < 4.78 is 39.9. The minimum Gasteiger partial charge on any atom is -0.357 e. The van der Waals surface area contributed by atoms with Gasteiger partial charge in [-0.05, 0) is 12.1 Å². The van der Waals surface area contributed by atoms with E-state index in [1.165, 1.54) is 6.33 Å². The molecule has 21 heavy (non-hydrogen) atoms. The maximum Gasteiger partial charge on any atom is 0.226 e. The van der Waals surface area contributed by atoms with Crippen molar-refractivity contribution in [3.63, 3.8) is 0 Å². The topological polar surface area (TPSA) is 78.5 Å². The number of benzene rings is 1. The smallest absolute Gasteiger partial charge is 0.226 e. The molecule has 9 heteroatoms. The van der Waals surface area contributed by atoms with E-state index < -0.39 is 17.5 Å². The second kappa shape index (κ2) is 4.93. The van der Waals surface area contributed by atoms with Gasteiger partial charge in [-0.15, -0.1) is 0 Å². The molecule has 0 amide bonds. The second-order valence-electron chi connectivity index (χ2n) is 4.09. The lowest BCUT2D eigenvalue weighted by Gasteiger charge is -2.09. The summed E-state index contributed by atoms with van der Waals surface area (Å²) in [5.74, 6) is -3.70. The Morgan fingerprint density at radius 2 is 1.90 bits per heavy atom. The number of aromatic nitrogens is 4. The number of aromatic amines is 1. The monoisotopic (exact) mass is 294 g/mol. The van der Waals surface area contributed by atoms with Crippen LogP contribution in [0.1, 0.15) is 0 Å². The average Bonchev–Trinajstić information content (AvgIpc) is 2.96. The molecule has 2 heterocycles. The highest BCUT2D eigenvalue weighted by atomic mass is 19.2. The maximum atomic E-state index is 13.7. The number of H-pyrrole nitrogens is 1. The molecule has 3 rings (SSSR count). The molecule has 0 spiro atoms. The summed E-state index contributed by atoms with van der Waals surface area (Å²) in [5, 5.41) is 5.33. The third-order valence-electron chi connectivity index (χ3n) is 2.80. The van der Waals surface area contributed by atoms with Crippen LogP contribution in [0.5, 0.6) is 0 Å². The molecule has 0 aliphatic heterocycles. The van der Waals surface area contributed by atoms with Crippen molar-refractivity contribution in [2.75, 3.05) is 17.7 Å². The zero-order valence-corrected chi connectivity index (χ0v) is 10.7.